The Bertz CT molecular complexity index is 338. The third-order valence-electron chi connectivity index (χ3n) is 5.52. The van der Waals surface area contributed by atoms with Gasteiger partial charge in [-0.3, -0.25) is 9.69 Å². The predicted octanol–water partition coefficient (Wildman–Crippen LogP) is 2.31. The SMILES string of the molecule is CC1CCC(C)N1C(C)C(=O)NCCCC1CCCC1O. The van der Waals surface area contributed by atoms with E-state index < -0.39 is 0 Å². The molecule has 1 aliphatic carbocycles. The molecule has 122 valence electrons. The minimum Gasteiger partial charge on any atom is -0.393 e. The molecule has 4 nitrogen and oxygen atoms in total. The predicted molar refractivity (Wildman–Crippen MR) is 85.1 cm³/mol. The Morgan fingerprint density at radius 3 is 2.48 bits per heavy atom. The molecule has 2 N–H and O–H groups in total. The van der Waals surface area contributed by atoms with Gasteiger partial charge in [-0.05, 0) is 65.2 Å². The van der Waals surface area contributed by atoms with Crippen molar-refractivity contribution in [3.8, 4) is 0 Å². The number of carbonyl (C=O) groups is 1. The van der Waals surface area contributed by atoms with Crippen LogP contribution in [-0.4, -0.2) is 46.7 Å². The molecular weight excluding hydrogens is 264 g/mol. The summed E-state index contributed by atoms with van der Waals surface area (Å²) in [4.78, 5) is 14.6. The van der Waals surface area contributed by atoms with Crippen molar-refractivity contribution in [3.63, 3.8) is 0 Å². The fourth-order valence-electron chi connectivity index (χ4n) is 4.19. The lowest BCUT2D eigenvalue weighted by atomic mass is 10.00. The first-order chi connectivity index (χ1) is 10.0. The van der Waals surface area contributed by atoms with E-state index in [1.54, 1.807) is 0 Å². The first kappa shape index (κ1) is 16.8. The van der Waals surface area contributed by atoms with Crippen LogP contribution in [0.5, 0.6) is 0 Å². The van der Waals surface area contributed by atoms with Gasteiger partial charge in [-0.25, -0.2) is 0 Å². The lowest BCUT2D eigenvalue weighted by molar-refractivity contribution is -0.126. The van der Waals surface area contributed by atoms with Crippen LogP contribution in [0.3, 0.4) is 0 Å². The van der Waals surface area contributed by atoms with Crippen molar-refractivity contribution >= 4 is 5.91 Å². The number of amides is 1. The molecule has 0 aromatic carbocycles. The van der Waals surface area contributed by atoms with Crippen LogP contribution >= 0.6 is 0 Å². The van der Waals surface area contributed by atoms with Crippen molar-refractivity contribution in [1.82, 2.24) is 10.2 Å². The second kappa shape index (κ2) is 7.59. The van der Waals surface area contributed by atoms with E-state index >= 15 is 0 Å². The molecule has 1 aliphatic heterocycles. The van der Waals surface area contributed by atoms with Crippen molar-refractivity contribution in [3.05, 3.63) is 0 Å². The number of carbonyl (C=O) groups excluding carboxylic acids is 1. The molecule has 0 aromatic heterocycles. The molecule has 1 amide bonds. The zero-order chi connectivity index (χ0) is 15.4. The average molecular weight is 296 g/mol. The highest BCUT2D eigenvalue weighted by molar-refractivity contribution is 5.81. The van der Waals surface area contributed by atoms with Gasteiger partial charge in [-0.1, -0.05) is 6.42 Å². The van der Waals surface area contributed by atoms with E-state index in [1.807, 2.05) is 6.92 Å². The molecule has 5 atom stereocenters. The van der Waals surface area contributed by atoms with Crippen molar-refractivity contribution in [1.29, 1.82) is 0 Å². The Kier molecular flexibility index (Phi) is 6.06. The van der Waals surface area contributed by atoms with E-state index in [1.165, 1.54) is 12.8 Å². The van der Waals surface area contributed by atoms with E-state index in [9.17, 15) is 9.90 Å². The molecule has 0 spiro atoms. The maximum Gasteiger partial charge on any atom is 0.237 e. The fraction of sp³-hybridized carbons (Fsp3) is 0.941. The number of rotatable bonds is 6. The van der Waals surface area contributed by atoms with E-state index in [4.69, 9.17) is 0 Å². The van der Waals surface area contributed by atoms with E-state index in [-0.39, 0.29) is 18.1 Å². The topological polar surface area (TPSA) is 52.6 Å². The zero-order valence-corrected chi connectivity index (χ0v) is 13.8. The lowest BCUT2D eigenvalue weighted by Crippen LogP contribution is -2.49. The summed E-state index contributed by atoms with van der Waals surface area (Å²) in [6, 6.07) is 0.985. The van der Waals surface area contributed by atoms with Crippen LogP contribution in [-0.2, 0) is 4.79 Å². The molecule has 1 heterocycles. The summed E-state index contributed by atoms with van der Waals surface area (Å²) in [6.45, 7) is 7.20. The normalized spacial score (nSPS) is 35.0. The van der Waals surface area contributed by atoms with Crippen LogP contribution in [0, 0.1) is 5.92 Å². The minimum absolute atomic E-state index is 0.0328. The van der Waals surface area contributed by atoms with E-state index in [2.05, 4.69) is 24.1 Å². The molecule has 1 saturated carbocycles. The smallest absolute Gasteiger partial charge is 0.237 e. The van der Waals surface area contributed by atoms with Gasteiger partial charge in [0.1, 0.15) is 0 Å². The molecule has 21 heavy (non-hydrogen) atoms. The Morgan fingerprint density at radius 2 is 1.90 bits per heavy atom. The minimum atomic E-state index is -0.106. The van der Waals surface area contributed by atoms with Crippen LogP contribution < -0.4 is 5.32 Å². The number of nitrogens with zero attached hydrogens (tertiary/aromatic N) is 1. The first-order valence-corrected chi connectivity index (χ1v) is 8.74. The summed E-state index contributed by atoms with van der Waals surface area (Å²) in [7, 11) is 0. The van der Waals surface area contributed by atoms with Crippen LogP contribution in [0.1, 0.15) is 65.7 Å². The van der Waals surface area contributed by atoms with Crippen molar-refractivity contribution in [2.45, 2.75) is 89.9 Å². The number of hydrogen-bond donors (Lipinski definition) is 2. The lowest BCUT2D eigenvalue weighted by Gasteiger charge is -2.31. The molecule has 4 heteroatoms. The van der Waals surface area contributed by atoms with Crippen LogP contribution in [0.2, 0.25) is 0 Å². The van der Waals surface area contributed by atoms with E-state index in [0.717, 1.165) is 38.6 Å². The van der Waals surface area contributed by atoms with Crippen molar-refractivity contribution < 1.29 is 9.90 Å². The molecule has 0 radical (unpaired) electrons. The van der Waals surface area contributed by atoms with Crippen molar-refractivity contribution in [2.75, 3.05) is 6.54 Å². The van der Waals surface area contributed by atoms with Crippen molar-refractivity contribution in [2.24, 2.45) is 5.92 Å². The summed E-state index contributed by atoms with van der Waals surface area (Å²) in [5, 5.41) is 12.9. The van der Waals surface area contributed by atoms with Crippen LogP contribution in [0.15, 0.2) is 0 Å². The van der Waals surface area contributed by atoms with Crippen LogP contribution in [0.4, 0.5) is 0 Å². The molecule has 0 aromatic rings. The molecule has 5 unspecified atom stereocenters. The average Bonchev–Trinajstić information content (AvgIpc) is 3.00. The monoisotopic (exact) mass is 296 g/mol. The highest BCUT2D eigenvalue weighted by Crippen LogP contribution is 2.29. The highest BCUT2D eigenvalue weighted by atomic mass is 16.3. The van der Waals surface area contributed by atoms with Gasteiger partial charge in [-0.2, -0.15) is 0 Å². The van der Waals surface area contributed by atoms with Gasteiger partial charge in [0.05, 0.1) is 12.1 Å². The number of nitrogens with one attached hydrogen (secondary N) is 1. The highest BCUT2D eigenvalue weighted by Gasteiger charge is 2.34. The Hall–Kier alpha value is -0.610. The number of hydrogen-bond acceptors (Lipinski definition) is 3. The summed E-state index contributed by atoms with van der Waals surface area (Å²) in [6.07, 6.45) is 7.55. The Morgan fingerprint density at radius 1 is 1.24 bits per heavy atom. The number of aliphatic hydroxyl groups excluding tert-OH is 1. The van der Waals surface area contributed by atoms with Gasteiger partial charge >= 0.3 is 0 Å². The quantitative estimate of drug-likeness (QED) is 0.740. The summed E-state index contributed by atoms with van der Waals surface area (Å²) < 4.78 is 0. The zero-order valence-electron chi connectivity index (χ0n) is 13.8. The van der Waals surface area contributed by atoms with Gasteiger partial charge in [0, 0.05) is 18.6 Å². The molecule has 2 rings (SSSR count). The van der Waals surface area contributed by atoms with Gasteiger partial charge < -0.3 is 10.4 Å². The largest absolute Gasteiger partial charge is 0.393 e. The second-order valence-electron chi connectivity index (χ2n) is 7.09. The van der Waals surface area contributed by atoms with Gasteiger partial charge in [-0.15, -0.1) is 0 Å². The summed E-state index contributed by atoms with van der Waals surface area (Å²) in [5.74, 6) is 0.612. The van der Waals surface area contributed by atoms with Gasteiger partial charge in [0.25, 0.3) is 0 Å². The first-order valence-electron chi connectivity index (χ1n) is 8.74. The molecule has 0 bridgehead atoms. The maximum absolute atomic E-state index is 12.3. The Labute approximate surface area is 129 Å². The summed E-state index contributed by atoms with van der Waals surface area (Å²) in [5.41, 5.74) is 0. The molecule has 2 fully saturated rings. The number of likely N-dealkylation sites (tertiary alicyclic amines) is 1. The standard InChI is InChI=1S/C17H32N2O2/c1-12-9-10-13(2)19(12)14(3)17(21)18-11-5-7-15-6-4-8-16(15)20/h12-16,20H,4-11H2,1-3H3,(H,18,21). The third kappa shape index (κ3) is 4.19. The molecule has 1 saturated heterocycles. The maximum atomic E-state index is 12.3. The van der Waals surface area contributed by atoms with Crippen LogP contribution in [0.25, 0.3) is 0 Å². The third-order valence-corrected chi connectivity index (χ3v) is 5.52. The number of aliphatic hydroxyl groups is 1. The second-order valence-corrected chi connectivity index (χ2v) is 7.09. The van der Waals surface area contributed by atoms with Gasteiger partial charge in [0.2, 0.25) is 5.91 Å². The Balaban J connectivity index is 1.67. The summed E-state index contributed by atoms with van der Waals surface area (Å²) >= 11 is 0. The molecule has 2 aliphatic rings. The van der Waals surface area contributed by atoms with E-state index in [0.29, 0.717) is 18.0 Å². The fourth-order valence-corrected chi connectivity index (χ4v) is 4.19. The molecular formula is C17H32N2O2. The van der Waals surface area contributed by atoms with Gasteiger partial charge in [0.15, 0.2) is 0 Å².